The van der Waals surface area contributed by atoms with E-state index < -0.39 is 17.3 Å². The summed E-state index contributed by atoms with van der Waals surface area (Å²) in [7, 11) is 0. The first kappa shape index (κ1) is 10.3. The van der Waals surface area contributed by atoms with E-state index in [9.17, 15) is 13.6 Å². The largest absolute Gasteiger partial charge is 0.740 e. The van der Waals surface area contributed by atoms with Gasteiger partial charge in [-0.05, 0) is 13.3 Å². The number of hydrogen-bond donors (Lipinski definition) is 0. The van der Waals surface area contributed by atoms with Gasteiger partial charge in [-0.2, -0.15) is 0 Å². The average Bonchev–Trinajstić information content (AvgIpc) is 1.86. The Morgan fingerprint density at radius 2 is 2.27 bits per heavy atom. The van der Waals surface area contributed by atoms with Crippen LogP contribution in [0.4, 0.5) is 0 Å². The molecule has 0 heterocycles. The van der Waals surface area contributed by atoms with Crippen LogP contribution >= 0.6 is 0 Å². The SMILES string of the molecule is CCC=C(C)C(=O)OS(=O)[O-]. The van der Waals surface area contributed by atoms with E-state index in [4.69, 9.17) is 0 Å². The van der Waals surface area contributed by atoms with Gasteiger partial charge in [0.25, 0.3) is 0 Å². The molecule has 64 valence electrons. The lowest BCUT2D eigenvalue weighted by Gasteiger charge is -2.04. The van der Waals surface area contributed by atoms with Crippen LogP contribution < -0.4 is 0 Å². The van der Waals surface area contributed by atoms with Crippen molar-refractivity contribution < 1.29 is 17.7 Å². The van der Waals surface area contributed by atoms with E-state index in [-0.39, 0.29) is 0 Å². The summed E-state index contributed by atoms with van der Waals surface area (Å²) in [5, 5.41) is 0. The van der Waals surface area contributed by atoms with Gasteiger partial charge in [0.05, 0.1) is 0 Å². The molecule has 0 saturated heterocycles. The minimum Gasteiger partial charge on any atom is -0.740 e. The van der Waals surface area contributed by atoms with Crippen LogP contribution in [-0.2, 0) is 20.3 Å². The Labute approximate surface area is 67.7 Å². The molecule has 0 bridgehead atoms. The van der Waals surface area contributed by atoms with E-state index in [1.54, 1.807) is 6.08 Å². The number of hydrogen-bond acceptors (Lipinski definition) is 4. The predicted octanol–water partition coefficient (Wildman–Crippen LogP) is 0.680. The third kappa shape index (κ3) is 4.69. The predicted molar refractivity (Wildman–Crippen MR) is 39.1 cm³/mol. The Morgan fingerprint density at radius 1 is 1.73 bits per heavy atom. The fourth-order valence-corrected chi connectivity index (χ4v) is 0.772. The first-order chi connectivity index (χ1) is 5.07. The van der Waals surface area contributed by atoms with Crippen LogP contribution in [0.2, 0.25) is 0 Å². The molecule has 0 N–H and O–H groups in total. The molecule has 4 nitrogen and oxygen atoms in total. The highest BCUT2D eigenvalue weighted by molar-refractivity contribution is 7.74. The molecule has 11 heavy (non-hydrogen) atoms. The Balaban J connectivity index is 4.03. The lowest BCUT2D eigenvalue weighted by molar-refractivity contribution is -0.129. The maximum atomic E-state index is 10.7. The summed E-state index contributed by atoms with van der Waals surface area (Å²) in [6.07, 6.45) is 2.27. The van der Waals surface area contributed by atoms with E-state index in [0.29, 0.717) is 12.0 Å². The molecule has 0 radical (unpaired) electrons. The van der Waals surface area contributed by atoms with Gasteiger partial charge in [0, 0.05) is 5.57 Å². The van der Waals surface area contributed by atoms with Crippen molar-refractivity contribution in [2.24, 2.45) is 0 Å². The van der Waals surface area contributed by atoms with Gasteiger partial charge >= 0.3 is 5.97 Å². The average molecular weight is 177 g/mol. The summed E-state index contributed by atoms with van der Waals surface area (Å²) in [6, 6.07) is 0. The van der Waals surface area contributed by atoms with Gasteiger partial charge in [0.2, 0.25) is 0 Å². The fraction of sp³-hybridized carbons (Fsp3) is 0.500. The van der Waals surface area contributed by atoms with Crippen LogP contribution in [0.1, 0.15) is 20.3 Å². The van der Waals surface area contributed by atoms with Crippen molar-refractivity contribution in [1.82, 2.24) is 0 Å². The number of rotatable bonds is 3. The van der Waals surface area contributed by atoms with Gasteiger partial charge in [-0.15, -0.1) is 0 Å². The minimum atomic E-state index is -2.76. The van der Waals surface area contributed by atoms with Crippen LogP contribution in [0.15, 0.2) is 11.6 Å². The lowest BCUT2D eigenvalue weighted by atomic mass is 10.2. The third-order valence-electron chi connectivity index (χ3n) is 0.976. The Kier molecular flexibility index (Phi) is 4.72. The monoisotopic (exact) mass is 177 g/mol. The molecule has 1 atom stereocenters. The molecule has 0 aliphatic rings. The molecular formula is C6H9O4S-. The molecule has 0 aromatic carbocycles. The zero-order valence-corrected chi connectivity index (χ0v) is 7.14. The highest BCUT2D eigenvalue weighted by atomic mass is 32.2. The van der Waals surface area contributed by atoms with Crippen molar-refractivity contribution in [2.75, 3.05) is 0 Å². The normalized spacial score (nSPS) is 14.3. The van der Waals surface area contributed by atoms with E-state index in [2.05, 4.69) is 4.18 Å². The van der Waals surface area contributed by atoms with Gasteiger partial charge in [-0.3, -0.25) is 0 Å². The summed E-state index contributed by atoms with van der Waals surface area (Å²) in [5.41, 5.74) is 0.303. The Bertz CT molecular complexity index is 197. The zero-order valence-electron chi connectivity index (χ0n) is 6.33. The molecule has 0 aromatic rings. The zero-order chi connectivity index (χ0) is 8.85. The molecule has 0 saturated carbocycles. The third-order valence-corrected chi connectivity index (χ3v) is 1.26. The highest BCUT2D eigenvalue weighted by Gasteiger charge is 2.03. The van der Waals surface area contributed by atoms with E-state index in [0.717, 1.165) is 0 Å². The van der Waals surface area contributed by atoms with Gasteiger partial charge in [-0.1, -0.05) is 13.0 Å². The molecular weight excluding hydrogens is 168 g/mol. The van der Waals surface area contributed by atoms with Gasteiger partial charge in [0.1, 0.15) is 11.4 Å². The molecule has 0 amide bonds. The van der Waals surface area contributed by atoms with E-state index in [1.807, 2.05) is 6.92 Å². The summed E-state index contributed by atoms with van der Waals surface area (Å²) in [5.74, 6) is -0.819. The quantitative estimate of drug-likeness (QED) is 0.469. The van der Waals surface area contributed by atoms with Crippen LogP contribution in [-0.4, -0.2) is 14.7 Å². The summed E-state index contributed by atoms with van der Waals surface area (Å²) in [6.45, 7) is 3.34. The molecule has 0 aliphatic heterocycles. The maximum absolute atomic E-state index is 10.7. The van der Waals surface area contributed by atoms with Crippen LogP contribution in [0.3, 0.4) is 0 Å². The van der Waals surface area contributed by atoms with Gasteiger partial charge < -0.3 is 8.74 Å². The van der Waals surface area contributed by atoms with Crippen molar-refractivity contribution in [3.05, 3.63) is 11.6 Å². The molecule has 1 unspecified atom stereocenters. The molecule has 0 spiro atoms. The first-order valence-corrected chi connectivity index (χ1v) is 4.06. The summed E-state index contributed by atoms with van der Waals surface area (Å²) >= 11 is -2.76. The maximum Gasteiger partial charge on any atom is 0.346 e. The van der Waals surface area contributed by atoms with E-state index in [1.165, 1.54) is 6.92 Å². The first-order valence-electron chi connectivity index (χ1n) is 3.06. The van der Waals surface area contributed by atoms with Crippen molar-refractivity contribution >= 4 is 17.3 Å². The second kappa shape index (κ2) is 5.03. The minimum absolute atomic E-state index is 0.303. The van der Waals surface area contributed by atoms with E-state index >= 15 is 0 Å². The Morgan fingerprint density at radius 3 is 2.64 bits per heavy atom. The van der Waals surface area contributed by atoms with Gasteiger partial charge in [-0.25, -0.2) is 9.00 Å². The summed E-state index contributed by atoms with van der Waals surface area (Å²) < 4.78 is 23.6. The lowest BCUT2D eigenvalue weighted by Crippen LogP contribution is -2.07. The van der Waals surface area contributed by atoms with Crippen molar-refractivity contribution in [3.8, 4) is 0 Å². The van der Waals surface area contributed by atoms with Gasteiger partial charge in [0.15, 0.2) is 0 Å². The number of carbonyl (C=O) groups excluding carboxylic acids is 1. The van der Waals surface area contributed by atoms with Crippen molar-refractivity contribution in [2.45, 2.75) is 20.3 Å². The molecule has 0 aromatic heterocycles. The van der Waals surface area contributed by atoms with Crippen LogP contribution in [0, 0.1) is 0 Å². The number of allylic oxidation sites excluding steroid dienone is 1. The number of carbonyl (C=O) groups is 1. The van der Waals surface area contributed by atoms with Crippen molar-refractivity contribution in [1.29, 1.82) is 0 Å². The standard InChI is InChI=1S/C6H10O4S/c1-3-4-5(2)6(7)10-11(8)9/h4H,3H2,1-2H3,(H,8,9)/p-1. The highest BCUT2D eigenvalue weighted by Crippen LogP contribution is 1.98. The fourth-order valence-electron chi connectivity index (χ4n) is 0.517. The van der Waals surface area contributed by atoms with Crippen LogP contribution in [0.5, 0.6) is 0 Å². The second-order valence-electron chi connectivity index (χ2n) is 1.87. The molecule has 5 heteroatoms. The van der Waals surface area contributed by atoms with Crippen molar-refractivity contribution in [3.63, 3.8) is 0 Å². The summed E-state index contributed by atoms with van der Waals surface area (Å²) in [4.78, 5) is 10.7. The molecule has 0 aliphatic carbocycles. The topological polar surface area (TPSA) is 66.4 Å². The Hall–Kier alpha value is -0.680. The molecule has 0 rings (SSSR count). The second-order valence-corrected chi connectivity index (χ2v) is 2.45. The molecule has 0 fully saturated rings. The smallest absolute Gasteiger partial charge is 0.346 e. The van der Waals surface area contributed by atoms with Crippen LogP contribution in [0.25, 0.3) is 0 Å².